The van der Waals surface area contributed by atoms with Crippen LogP contribution in [0.15, 0.2) is 18.2 Å². The van der Waals surface area contributed by atoms with Crippen LogP contribution < -0.4 is 5.73 Å². The van der Waals surface area contributed by atoms with Gasteiger partial charge in [-0.3, -0.25) is 0 Å². The van der Waals surface area contributed by atoms with Gasteiger partial charge in [-0.1, -0.05) is 0 Å². The van der Waals surface area contributed by atoms with Gasteiger partial charge in [-0.2, -0.15) is 0 Å². The molecule has 2 N–H and O–H groups in total. The molecule has 0 saturated heterocycles. The molecule has 0 bridgehead atoms. The molecule has 14 heavy (non-hydrogen) atoms. The Morgan fingerprint density at radius 2 is 2.21 bits per heavy atom. The summed E-state index contributed by atoms with van der Waals surface area (Å²) in [4.78, 5) is 4.62. The molecule has 1 heterocycles. The van der Waals surface area contributed by atoms with Crippen LogP contribution in [0.2, 0.25) is 0 Å². The monoisotopic (exact) mass is 187 g/mol. The first-order valence-electron chi connectivity index (χ1n) is 4.97. The van der Waals surface area contributed by atoms with E-state index in [0.717, 1.165) is 11.2 Å². The summed E-state index contributed by atoms with van der Waals surface area (Å²) in [5.41, 5.74) is 8.72. The number of nitrogens with zero attached hydrogens (tertiary/aromatic N) is 2. The fraction of sp³-hybridized carbons (Fsp3) is 0.364. The predicted molar refractivity (Wildman–Crippen MR) is 57.1 cm³/mol. The van der Waals surface area contributed by atoms with Gasteiger partial charge in [0.1, 0.15) is 5.82 Å². The van der Waals surface area contributed by atoms with Gasteiger partial charge in [0.25, 0.3) is 0 Å². The van der Waals surface area contributed by atoms with Crippen LogP contribution in [-0.4, -0.2) is 9.55 Å². The van der Waals surface area contributed by atoms with E-state index in [0.29, 0.717) is 5.92 Å². The Bertz CT molecular complexity index is 494. The van der Waals surface area contributed by atoms with Crippen molar-refractivity contribution >= 4 is 16.7 Å². The van der Waals surface area contributed by atoms with Crippen LogP contribution >= 0.6 is 0 Å². The molecule has 0 radical (unpaired) electrons. The first-order chi connectivity index (χ1) is 6.75. The Kier molecular flexibility index (Phi) is 1.40. The summed E-state index contributed by atoms with van der Waals surface area (Å²) in [5.74, 6) is 1.90. The topological polar surface area (TPSA) is 43.8 Å². The van der Waals surface area contributed by atoms with E-state index in [1.54, 1.807) is 0 Å². The van der Waals surface area contributed by atoms with Crippen molar-refractivity contribution in [2.24, 2.45) is 7.05 Å². The zero-order chi connectivity index (χ0) is 9.71. The summed E-state index contributed by atoms with van der Waals surface area (Å²) in [6.07, 6.45) is 2.57. The molecule has 3 nitrogen and oxygen atoms in total. The molecular weight excluding hydrogens is 174 g/mol. The van der Waals surface area contributed by atoms with Crippen LogP contribution in [0, 0.1) is 0 Å². The third-order valence-electron chi connectivity index (χ3n) is 2.88. The molecule has 1 aliphatic rings. The largest absolute Gasteiger partial charge is 0.399 e. The number of hydrogen-bond acceptors (Lipinski definition) is 2. The van der Waals surface area contributed by atoms with E-state index in [1.165, 1.54) is 24.2 Å². The van der Waals surface area contributed by atoms with Gasteiger partial charge in [-0.05, 0) is 31.0 Å². The van der Waals surface area contributed by atoms with Crippen LogP contribution in [0.5, 0.6) is 0 Å². The number of aryl methyl sites for hydroxylation is 1. The molecule has 1 saturated carbocycles. The lowest BCUT2D eigenvalue weighted by Gasteiger charge is -1.98. The molecule has 3 heteroatoms. The van der Waals surface area contributed by atoms with Gasteiger partial charge < -0.3 is 10.3 Å². The second kappa shape index (κ2) is 2.50. The smallest absolute Gasteiger partial charge is 0.112 e. The van der Waals surface area contributed by atoms with Crippen LogP contribution in [0.1, 0.15) is 24.6 Å². The molecule has 0 amide bonds. The summed E-state index contributed by atoms with van der Waals surface area (Å²) >= 11 is 0. The molecular formula is C11H13N3. The number of nitrogens with two attached hydrogens (primary N) is 1. The van der Waals surface area contributed by atoms with Crippen LogP contribution in [0.25, 0.3) is 11.0 Å². The van der Waals surface area contributed by atoms with Crippen molar-refractivity contribution in [1.82, 2.24) is 9.55 Å². The summed E-state index contributed by atoms with van der Waals surface area (Å²) < 4.78 is 2.19. The molecule has 0 spiro atoms. The van der Waals surface area contributed by atoms with Crippen molar-refractivity contribution in [1.29, 1.82) is 0 Å². The van der Waals surface area contributed by atoms with E-state index in [9.17, 15) is 0 Å². The average molecular weight is 187 g/mol. The van der Waals surface area contributed by atoms with E-state index in [2.05, 4.69) is 16.6 Å². The third-order valence-corrected chi connectivity index (χ3v) is 2.88. The second-order valence-electron chi connectivity index (χ2n) is 4.05. The van der Waals surface area contributed by atoms with E-state index < -0.39 is 0 Å². The Morgan fingerprint density at radius 1 is 1.43 bits per heavy atom. The summed E-state index contributed by atoms with van der Waals surface area (Å²) in [5, 5.41) is 0. The van der Waals surface area contributed by atoms with Crippen molar-refractivity contribution < 1.29 is 0 Å². The summed E-state index contributed by atoms with van der Waals surface area (Å²) in [6, 6.07) is 5.92. The fourth-order valence-corrected chi connectivity index (χ4v) is 1.94. The number of aromatic nitrogens is 2. The normalized spacial score (nSPS) is 16.4. The highest BCUT2D eigenvalue weighted by molar-refractivity contribution is 5.79. The third kappa shape index (κ3) is 1.02. The Hall–Kier alpha value is -1.51. The number of anilines is 1. The first kappa shape index (κ1) is 7.85. The summed E-state index contributed by atoms with van der Waals surface area (Å²) in [6.45, 7) is 0. The molecule has 1 aromatic carbocycles. The molecule has 1 aliphatic carbocycles. The number of nitrogen functional groups attached to an aromatic ring is 1. The molecule has 0 unspecified atom stereocenters. The number of hydrogen-bond donors (Lipinski definition) is 1. The lowest BCUT2D eigenvalue weighted by molar-refractivity contribution is 0.820. The highest BCUT2D eigenvalue weighted by Crippen LogP contribution is 2.40. The van der Waals surface area contributed by atoms with Gasteiger partial charge in [0, 0.05) is 18.7 Å². The minimum atomic E-state index is 0.689. The molecule has 0 aliphatic heterocycles. The number of fused-ring (bicyclic) bond motifs is 1. The molecule has 0 atom stereocenters. The van der Waals surface area contributed by atoms with Gasteiger partial charge in [0.05, 0.1) is 11.0 Å². The Morgan fingerprint density at radius 3 is 2.93 bits per heavy atom. The zero-order valence-electron chi connectivity index (χ0n) is 8.20. The molecule has 3 rings (SSSR count). The van der Waals surface area contributed by atoms with E-state index in [4.69, 9.17) is 5.73 Å². The maximum atomic E-state index is 5.73. The van der Waals surface area contributed by atoms with E-state index in [-0.39, 0.29) is 0 Å². The quantitative estimate of drug-likeness (QED) is 0.694. The standard InChI is InChI=1S/C11H13N3/c1-14-10-5-4-8(12)6-9(10)13-11(14)7-2-3-7/h4-7H,2-3,12H2,1H3. The zero-order valence-corrected chi connectivity index (χ0v) is 8.20. The van der Waals surface area contributed by atoms with Crippen LogP contribution in [0.4, 0.5) is 5.69 Å². The highest BCUT2D eigenvalue weighted by Gasteiger charge is 2.28. The van der Waals surface area contributed by atoms with E-state index >= 15 is 0 Å². The highest BCUT2D eigenvalue weighted by atomic mass is 15.1. The lowest BCUT2D eigenvalue weighted by Crippen LogP contribution is -1.94. The fourth-order valence-electron chi connectivity index (χ4n) is 1.94. The number of imidazole rings is 1. The lowest BCUT2D eigenvalue weighted by atomic mass is 10.3. The first-order valence-corrected chi connectivity index (χ1v) is 4.97. The van der Waals surface area contributed by atoms with Crippen molar-refractivity contribution in [2.45, 2.75) is 18.8 Å². The van der Waals surface area contributed by atoms with Crippen molar-refractivity contribution in [2.75, 3.05) is 5.73 Å². The van der Waals surface area contributed by atoms with Gasteiger partial charge in [-0.15, -0.1) is 0 Å². The molecule has 72 valence electrons. The van der Waals surface area contributed by atoms with Gasteiger partial charge >= 0.3 is 0 Å². The van der Waals surface area contributed by atoms with Crippen molar-refractivity contribution in [3.63, 3.8) is 0 Å². The van der Waals surface area contributed by atoms with Crippen LogP contribution in [-0.2, 0) is 7.05 Å². The molecule has 1 fully saturated rings. The minimum absolute atomic E-state index is 0.689. The molecule has 1 aromatic heterocycles. The Balaban J connectivity index is 2.28. The average Bonchev–Trinajstić information content (AvgIpc) is 2.93. The van der Waals surface area contributed by atoms with Crippen LogP contribution in [0.3, 0.4) is 0 Å². The van der Waals surface area contributed by atoms with E-state index in [1.807, 2.05) is 18.2 Å². The number of benzene rings is 1. The minimum Gasteiger partial charge on any atom is -0.399 e. The van der Waals surface area contributed by atoms with Crippen molar-refractivity contribution in [3.8, 4) is 0 Å². The van der Waals surface area contributed by atoms with Gasteiger partial charge in [0.2, 0.25) is 0 Å². The molecule has 2 aromatic rings. The maximum Gasteiger partial charge on any atom is 0.112 e. The number of rotatable bonds is 1. The van der Waals surface area contributed by atoms with Gasteiger partial charge in [-0.25, -0.2) is 4.98 Å². The SMILES string of the molecule is Cn1c(C2CC2)nc2cc(N)ccc21. The van der Waals surface area contributed by atoms with Crippen molar-refractivity contribution in [3.05, 3.63) is 24.0 Å². The van der Waals surface area contributed by atoms with Gasteiger partial charge in [0.15, 0.2) is 0 Å². The Labute approximate surface area is 82.5 Å². The maximum absolute atomic E-state index is 5.73. The second-order valence-corrected chi connectivity index (χ2v) is 4.05. The summed E-state index contributed by atoms with van der Waals surface area (Å²) in [7, 11) is 2.08. The predicted octanol–water partition coefficient (Wildman–Crippen LogP) is 2.03.